The van der Waals surface area contributed by atoms with Crippen molar-refractivity contribution in [3.8, 4) is 5.75 Å². The van der Waals surface area contributed by atoms with E-state index in [1.165, 1.54) is 25.0 Å². The molecular formula is C16H17BrFN3O2. The zero-order valence-electron chi connectivity index (χ0n) is 12.6. The Morgan fingerprint density at radius 2 is 2.30 bits per heavy atom. The summed E-state index contributed by atoms with van der Waals surface area (Å²) < 4.78 is 21.3. The van der Waals surface area contributed by atoms with E-state index in [-0.39, 0.29) is 24.3 Å². The zero-order valence-corrected chi connectivity index (χ0v) is 14.2. The number of hydrogen-bond acceptors (Lipinski definition) is 3. The highest BCUT2D eigenvalue weighted by atomic mass is 79.9. The summed E-state index contributed by atoms with van der Waals surface area (Å²) in [6.07, 6.45) is 4.05. The fourth-order valence-corrected chi connectivity index (χ4v) is 2.76. The number of rotatable bonds is 6. The van der Waals surface area contributed by atoms with Gasteiger partial charge in [-0.25, -0.2) is 9.07 Å². The van der Waals surface area contributed by atoms with Gasteiger partial charge in [-0.2, -0.15) is 5.10 Å². The first-order valence-electron chi connectivity index (χ1n) is 7.46. The van der Waals surface area contributed by atoms with Gasteiger partial charge in [0.2, 0.25) is 0 Å². The van der Waals surface area contributed by atoms with Crippen LogP contribution in [0.2, 0.25) is 0 Å². The van der Waals surface area contributed by atoms with Crippen LogP contribution in [0, 0.1) is 11.7 Å². The summed E-state index contributed by atoms with van der Waals surface area (Å²) in [7, 11) is 0. The average Bonchev–Trinajstić information content (AvgIpc) is 3.26. The number of halogens is 2. The maximum atomic E-state index is 13.6. The Balaban J connectivity index is 1.58. The van der Waals surface area contributed by atoms with Gasteiger partial charge < -0.3 is 10.1 Å². The van der Waals surface area contributed by atoms with Crippen LogP contribution >= 0.6 is 15.9 Å². The smallest absolute Gasteiger partial charge is 0.263 e. The Bertz CT molecular complexity index is 715. The van der Waals surface area contributed by atoms with Crippen molar-refractivity contribution in [1.29, 1.82) is 0 Å². The number of nitrogens with zero attached hydrogens (tertiary/aromatic N) is 2. The second-order valence-corrected chi connectivity index (χ2v) is 6.57. The fraction of sp³-hybridized carbons (Fsp3) is 0.375. The third-order valence-electron chi connectivity index (χ3n) is 3.88. The maximum absolute atomic E-state index is 13.6. The van der Waals surface area contributed by atoms with E-state index in [0.717, 1.165) is 0 Å². The van der Waals surface area contributed by atoms with Crippen LogP contribution in [-0.4, -0.2) is 22.3 Å². The molecule has 3 rings (SSSR count). The molecule has 0 radical (unpaired) electrons. The van der Waals surface area contributed by atoms with E-state index in [0.29, 0.717) is 16.2 Å². The standard InChI is InChI=1S/C16H17BrFN3O2/c1-10(11-2-3-11)21-15(6-7-19-21)20-16(22)9-23-14-5-4-12(17)8-13(14)18/h4-8,10-11H,2-3,9H2,1H3,(H,20,22). The second-order valence-electron chi connectivity index (χ2n) is 5.65. The van der Waals surface area contributed by atoms with E-state index in [9.17, 15) is 9.18 Å². The molecule has 1 atom stereocenters. The summed E-state index contributed by atoms with van der Waals surface area (Å²) in [5, 5.41) is 7.03. The average molecular weight is 382 g/mol. The van der Waals surface area contributed by atoms with Crippen molar-refractivity contribution in [3.05, 3.63) is 40.8 Å². The van der Waals surface area contributed by atoms with Crippen LogP contribution in [-0.2, 0) is 4.79 Å². The Labute approximate surface area is 142 Å². The molecule has 7 heteroatoms. The van der Waals surface area contributed by atoms with Crippen LogP contribution in [0.5, 0.6) is 5.75 Å². The van der Waals surface area contributed by atoms with Crippen molar-refractivity contribution in [2.24, 2.45) is 5.92 Å². The predicted octanol–water partition coefficient (Wildman–Crippen LogP) is 3.77. The van der Waals surface area contributed by atoms with Gasteiger partial charge in [-0.15, -0.1) is 0 Å². The monoisotopic (exact) mass is 381 g/mol. The van der Waals surface area contributed by atoms with Crippen molar-refractivity contribution >= 4 is 27.7 Å². The summed E-state index contributed by atoms with van der Waals surface area (Å²) >= 11 is 3.17. The van der Waals surface area contributed by atoms with E-state index >= 15 is 0 Å². The summed E-state index contributed by atoms with van der Waals surface area (Å²) in [4.78, 5) is 12.0. The first-order chi connectivity index (χ1) is 11.0. The highest BCUT2D eigenvalue weighted by molar-refractivity contribution is 9.10. The molecule has 1 aliphatic carbocycles. The van der Waals surface area contributed by atoms with Crippen LogP contribution in [0.25, 0.3) is 0 Å². The van der Waals surface area contributed by atoms with Gasteiger partial charge in [-0.3, -0.25) is 4.79 Å². The first kappa shape index (κ1) is 16.0. The van der Waals surface area contributed by atoms with Gasteiger partial charge >= 0.3 is 0 Å². The number of ether oxygens (including phenoxy) is 1. The molecule has 1 heterocycles. The highest BCUT2D eigenvalue weighted by Gasteiger charge is 2.30. The number of hydrogen-bond donors (Lipinski definition) is 1. The van der Waals surface area contributed by atoms with Gasteiger partial charge in [0, 0.05) is 10.5 Å². The molecule has 1 saturated carbocycles. The number of aromatic nitrogens is 2. The molecule has 1 amide bonds. The molecule has 0 bridgehead atoms. The molecule has 5 nitrogen and oxygen atoms in total. The number of carbonyl (C=O) groups is 1. The molecular weight excluding hydrogens is 365 g/mol. The summed E-state index contributed by atoms with van der Waals surface area (Å²) in [6, 6.07) is 6.43. The van der Waals surface area contributed by atoms with E-state index in [2.05, 4.69) is 33.3 Å². The molecule has 122 valence electrons. The van der Waals surface area contributed by atoms with E-state index in [4.69, 9.17) is 4.74 Å². The van der Waals surface area contributed by atoms with E-state index in [1.54, 1.807) is 18.3 Å². The minimum absolute atomic E-state index is 0.0446. The van der Waals surface area contributed by atoms with Gasteiger partial charge in [-0.05, 0) is 43.9 Å². The van der Waals surface area contributed by atoms with Crippen LogP contribution < -0.4 is 10.1 Å². The normalized spacial score (nSPS) is 15.3. The summed E-state index contributed by atoms with van der Waals surface area (Å²) in [5.74, 6) is 0.438. The SMILES string of the molecule is CC(C1CC1)n1nccc1NC(=O)COc1ccc(Br)cc1F. The highest BCUT2D eigenvalue weighted by Crippen LogP contribution is 2.40. The Kier molecular flexibility index (Phi) is 4.66. The first-order valence-corrected chi connectivity index (χ1v) is 8.25. The second kappa shape index (κ2) is 6.70. The molecule has 1 aromatic carbocycles. The van der Waals surface area contributed by atoms with Crippen molar-refractivity contribution in [1.82, 2.24) is 9.78 Å². The number of benzene rings is 1. The number of nitrogens with one attached hydrogen (secondary N) is 1. The maximum Gasteiger partial charge on any atom is 0.263 e. The van der Waals surface area contributed by atoms with Crippen LogP contribution in [0.4, 0.5) is 10.2 Å². The molecule has 0 saturated heterocycles. The number of anilines is 1. The molecule has 23 heavy (non-hydrogen) atoms. The van der Waals surface area contributed by atoms with Gasteiger partial charge in [0.1, 0.15) is 5.82 Å². The number of carbonyl (C=O) groups excluding carboxylic acids is 1. The van der Waals surface area contributed by atoms with Gasteiger partial charge in [0.25, 0.3) is 5.91 Å². The third-order valence-corrected chi connectivity index (χ3v) is 4.37. The van der Waals surface area contributed by atoms with Crippen molar-refractivity contribution in [2.75, 3.05) is 11.9 Å². The molecule has 0 aliphatic heterocycles. The van der Waals surface area contributed by atoms with Crippen molar-refractivity contribution < 1.29 is 13.9 Å². The lowest BCUT2D eigenvalue weighted by atomic mass is 10.2. The summed E-state index contributed by atoms with van der Waals surface area (Å²) in [6.45, 7) is 1.83. The van der Waals surface area contributed by atoms with Crippen LogP contribution in [0.1, 0.15) is 25.8 Å². The lowest BCUT2D eigenvalue weighted by Crippen LogP contribution is -2.23. The largest absolute Gasteiger partial charge is 0.481 e. The predicted molar refractivity (Wildman–Crippen MR) is 87.9 cm³/mol. The number of amides is 1. The molecule has 0 spiro atoms. The van der Waals surface area contributed by atoms with Gasteiger partial charge in [0.05, 0.1) is 12.2 Å². The molecule has 1 fully saturated rings. The lowest BCUT2D eigenvalue weighted by Gasteiger charge is -2.15. The lowest BCUT2D eigenvalue weighted by molar-refractivity contribution is -0.118. The molecule has 1 aliphatic rings. The van der Waals surface area contributed by atoms with Crippen molar-refractivity contribution in [2.45, 2.75) is 25.8 Å². The quantitative estimate of drug-likeness (QED) is 0.828. The molecule has 2 aromatic rings. The zero-order chi connectivity index (χ0) is 16.4. The van der Waals surface area contributed by atoms with Crippen LogP contribution in [0.15, 0.2) is 34.9 Å². The van der Waals surface area contributed by atoms with E-state index < -0.39 is 5.82 Å². The van der Waals surface area contributed by atoms with Gasteiger partial charge in [-0.1, -0.05) is 15.9 Å². The van der Waals surface area contributed by atoms with Gasteiger partial charge in [0.15, 0.2) is 18.2 Å². The Morgan fingerprint density at radius 1 is 1.52 bits per heavy atom. The Hall–Kier alpha value is -1.89. The molecule has 1 aromatic heterocycles. The fourth-order valence-electron chi connectivity index (χ4n) is 2.43. The summed E-state index contributed by atoms with van der Waals surface area (Å²) in [5.41, 5.74) is 0. The van der Waals surface area contributed by atoms with E-state index in [1.807, 2.05) is 4.68 Å². The third kappa shape index (κ3) is 3.90. The Morgan fingerprint density at radius 3 is 3.00 bits per heavy atom. The minimum atomic E-state index is -0.514. The van der Waals surface area contributed by atoms with Crippen molar-refractivity contribution in [3.63, 3.8) is 0 Å². The molecule has 1 N–H and O–H groups in total. The topological polar surface area (TPSA) is 56.2 Å². The minimum Gasteiger partial charge on any atom is -0.481 e. The van der Waals surface area contributed by atoms with Crippen LogP contribution in [0.3, 0.4) is 0 Å². The molecule has 1 unspecified atom stereocenters.